The van der Waals surface area contributed by atoms with E-state index in [4.69, 9.17) is 0 Å². The van der Waals surface area contributed by atoms with Crippen molar-refractivity contribution in [3.63, 3.8) is 0 Å². The summed E-state index contributed by atoms with van der Waals surface area (Å²) in [4.78, 5) is 0. The number of halogens is 1. The molecule has 3 rings (SSSR count). The van der Waals surface area contributed by atoms with Crippen LogP contribution in [0.3, 0.4) is 0 Å². The Labute approximate surface area is 143 Å². The number of rotatable bonds is 6. The Hall–Kier alpha value is -2.03. The topological polar surface area (TPSA) is 64.0 Å². The van der Waals surface area contributed by atoms with Crippen LogP contribution in [-0.4, -0.2) is 18.2 Å². The SMILES string of the molecule is CCn1nccc1-c1csc(S(=O)(=O)NCc2ccc(F)cc2)c1. The van der Waals surface area contributed by atoms with Crippen molar-refractivity contribution in [3.8, 4) is 11.3 Å². The van der Waals surface area contributed by atoms with E-state index in [9.17, 15) is 12.8 Å². The van der Waals surface area contributed by atoms with E-state index in [-0.39, 0.29) is 16.6 Å². The zero-order valence-electron chi connectivity index (χ0n) is 12.9. The van der Waals surface area contributed by atoms with Gasteiger partial charge in [0.25, 0.3) is 0 Å². The van der Waals surface area contributed by atoms with Crippen molar-refractivity contribution in [3.05, 3.63) is 59.4 Å². The number of nitrogens with zero attached hydrogens (tertiary/aromatic N) is 2. The first-order chi connectivity index (χ1) is 11.5. The molecule has 0 saturated heterocycles. The van der Waals surface area contributed by atoms with Crippen molar-refractivity contribution < 1.29 is 12.8 Å². The summed E-state index contributed by atoms with van der Waals surface area (Å²) in [5.74, 6) is -0.350. The normalized spacial score (nSPS) is 11.8. The minimum atomic E-state index is -3.61. The van der Waals surface area contributed by atoms with Gasteiger partial charge in [-0.3, -0.25) is 4.68 Å². The van der Waals surface area contributed by atoms with E-state index in [2.05, 4.69) is 9.82 Å². The Morgan fingerprint density at radius 3 is 2.71 bits per heavy atom. The molecule has 0 fully saturated rings. The first-order valence-electron chi connectivity index (χ1n) is 7.34. The van der Waals surface area contributed by atoms with Crippen molar-refractivity contribution in [2.75, 3.05) is 0 Å². The highest BCUT2D eigenvalue weighted by Crippen LogP contribution is 2.28. The van der Waals surface area contributed by atoms with Crippen molar-refractivity contribution in [2.24, 2.45) is 0 Å². The summed E-state index contributed by atoms with van der Waals surface area (Å²) in [5.41, 5.74) is 2.40. The number of aryl methyl sites for hydroxylation is 1. The lowest BCUT2D eigenvalue weighted by Gasteiger charge is -2.05. The van der Waals surface area contributed by atoms with E-state index in [0.29, 0.717) is 12.1 Å². The maximum absolute atomic E-state index is 12.9. The number of thiophene rings is 1. The second kappa shape index (κ2) is 6.84. The molecule has 1 aromatic carbocycles. The van der Waals surface area contributed by atoms with Crippen LogP contribution in [0.4, 0.5) is 4.39 Å². The summed E-state index contributed by atoms with van der Waals surface area (Å²) in [6.07, 6.45) is 1.69. The molecule has 0 radical (unpaired) electrons. The standard InChI is InChI=1S/C16H16FN3O2S2/c1-2-20-15(7-8-18-20)13-9-16(23-11-13)24(21,22)19-10-12-3-5-14(17)6-4-12/h3-9,11,19H,2,10H2,1H3. The molecule has 3 aromatic rings. The van der Waals surface area contributed by atoms with E-state index in [0.717, 1.165) is 22.6 Å². The molecule has 0 bridgehead atoms. The third-order valence-corrected chi connectivity index (χ3v) is 6.37. The average molecular weight is 365 g/mol. The first-order valence-corrected chi connectivity index (χ1v) is 9.70. The molecule has 0 aliphatic rings. The zero-order valence-corrected chi connectivity index (χ0v) is 14.6. The molecule has 0 spiro atoms. The second-order valence-corrected chi connectivity index (χ2v) is 8.04. The molecule has 0 atom stereocenters. The summed E-state index contributed by atoms with van der Waals surface area (Å²) in [6.45, 7) is 2.80. The maximum Gasteiger partial charge on any atom is 0.250 e. The third-order valence-electron chi connectivity index (χ3n) is 3.53. The lowest BCUT2D eigenvalue weighted by molar-refractivity contribution is 0.583. The van der Waals surface area contributed by atoms with Crippen LogP contribution in [0.5, 0.6) is 0 Å². The molecule has 8 heteroatoms. The Balaban J connectivity index is 1.77. The quantitative estimate of drug-likeness (QED) is 0.729. The fourth-order valence-corrected chi connectivity index (χ4v) is 4.51. The van der Waals surface area contributed by atoms with E-state index in [1.807, 2.05) is 17.7 Å². The highest BCUT2D eigenvalue weighted by molar-refractivity contribution is 7.91. The van der Waals surface area contributed by atoms with Gasteiger partial charge in [0.05, 0.1) is 5.69 Å². The number of hydrogen-bond donors (Lipinski definition) is 1. The van der Waals surface area contributed by atoms with Crippen molar-refractivity contribution in [1.29, 1.82) is 0 Å². The average Bonchev–Trinajstić information content (AvgIpc) is 3.23. The maximum atomic E-state index is 12.9. The van der Waals surface area contributed by atoms with Crippen LogP contribution in [0.1, 0.15) is 12.5 Å². The van der Waals surface area contributed by atoms with Gasteiger partial charge in [-0.1, -0.05) is 12.1 Å². The van der Waals surface area contributed by atoms with Crippen LogP contribution in [-0.2, 0) is 23.1 Å². The molecule has 2 aromatic heterocycles. The van der Waals surface area contributed by atoms with Crippen LogP contribution in [0.2, 0.25) is 0 Å². The van der Waals surface area contributed by atoms with Gasteiger partial charge in [0.15, 0.2) is 0 Å². The number of hydrogen-bond acceptors (Lipinski definition) is 4. The minimum Gasteiger partial charge on any atom is -0.265 e. The molecule has 0 aliphatic carbocycles. The van der Waals surface area contributed by atoms with Crippen LogP contribution >= 0.6 is 11.3 Å². The van der Waals surface area contributed by atoms with Gasteiger partial charge >= 0.3 is 0 Å². The van der Waals surface area contributed by atoms with E-state index in [1.54, 1.807) is 29.8 Å². The van der Waals surface area contributed by atoms with Gasteiger partial charge in [-0.05, 0) is 36.8 Å². The van der Waals surface area contributed by atoms with Crippen LogP contribution < -0.4 is 4.72 Å². The van der Waals surface area contributed by atoms with Gasteiger partial charge in [0, 0.05) is 30.2 Å². The van der Waals surface area contributed by atoms with Crippen LogP contribution in [0, 0.1) is 5.82 Å². The van der Waals surface area contributed by atoms with Crippen molar-refractivity contribution >= 4 is 21.4 Å². The smallest absolute Gasteiger partial charge is 0.250 e. The largest absolute Gasteiger partial charge is 0.265 e. The predicted molar refractivity (Wildman–Crippen MR) is 91.6 cm³/mol. The van der Waals surface area contributed by atoms with Gasteiger partial charge in [0.1, 0.15) is 10.0 Å². The molecule has 0 saturated carbocycles. The molecule has 24 heavy (non-hydrogen) atoms. The van der Waals surface area contributed by atoms with Crippen LogP contribution in [0.25, 0.3) is 11.3 Å². The van der Waals surface area contributed by atoms with Gasteiger partial charge in [-0.15, -0.1) is 11.3 Å². The predicted octanol–water partition coefficient (Wildman–Crippen LogP) is 3.25. The van der Waals surface area contributed by atoms with E-state index < -0.39 is 10.0 Å². The first kappa shape index (κ1) is 16.8. The number of nitrogens with one attached hydrogen (secondary N) is 1. The molecule has 0 aliphatic heterocycles. The highest BCUT2D eigenvalue weighted by Gasteiger charge is 2.18. The Morgan fingerprint density at radius 2 is 2.00 bits per heavy atom. The summed E-state index contributed by atoms with van der Waals surface area (Å²) < 4.78 is 42.3. The van der Waals surface area contributed by atoms with E-state index in [1.165, 1.54) is 12.1 Å². The van der Waals surface area contributed by atoms with Gasteiger partial charge in [0.2, 0.25) is 10.0 Å². The molecule has 1 N–H and O–H groups in total. The molecule has 5 nitrogen and oxygen atoms in total. The van der Waals surface area contributed by atoms with Crippen LogP contribution in [0.15, 0.2) is 52.2 Å². The summed E-state index contributed by atoms with van der Waals surface area (Å²) in [7, 11) is -3.61. The number of sulfonamides is 1. The van der Waals surface area contributed by atoms with Gasteiger partial charge < -0.3 is 0 Å². The summed E-state index contributed by atoms with van der Waals surface area (Å²) in [6, 6.07) is 9.21. The lowest BCUT2D eigenvalue weighted by atomic mass is 10.2. The minimum absolute atomic E-state index is 0.114. The molecule has 0 amide bonds. The highest BCUT2D eigenvalue weighted by atomic mass is 32.2. The third kappa shape index (κ3) is 3.55. The number of benzene rings is 1. The molecule has 126 valence electrons. The number of aromatic nitrogens is 2. The fourth-order valence-electron chi connectivity index (χ4n) is 2.27. The molecule has 2 heterocycles. The van der Waals surface area contributed by atoms with Gasteiger partial charge in [-0.2, -0.15) is 5.10 Å². The summed E-state index contributed by atoms with van der Waals surface area (Å²) >= 11 is 1.16. The molecule has 0 unspecified atom stereocenters. The lowest BCUT2D eigenvalue weighted by Crippen LogP contribution is -2.22. The van der Waals surface area contributed by atoms with E-state index >= 15 is 0 Å². The Kier molecular flexibility index (Phi) is 4.79. The van der Waals surface area contributed by atoms with Gasteiger partial charge in [-0.25, -0.2) is 17.5 Å². The van der Waals surface area contributed by atoms with Crippen molar-refractivity contribution in [2.45, 2.75) is 24.2 Å². The second-order valence-electron chi connectivity index (χ2n) is 5.14. The zero-order chi connectivity index (χ0) is 17.2. The Bertz CT molecular complexity index is 930. The monoisotopic (exact) mass is 365 g/mol. The van der Waals surface area contributed by atoms with Crippen molar-refractivity contribution in [1.82, 2.24) is 14.5 Å². The Morgan fingerprint density at radius 1 is 1.25 bits per heavy atom. The fraction of sp³-hybridized carbons (Fsp3) is 0.188. The molecular formula is C16H16FN3O2S2. The molecular weight excluding hydrogens is 349 g/mol. The summed E-state index contributed by atoms with van der Waals surface area (Å²) in [5, 5.41) is 5.99.